The maximum absolute atomic E-state index is 9.07. The minimum Gasteiger partial charge on any atom is -0.240 e. The van der Waals surface area contributed by atoms with E-state index in [0.717, 1.165) is 18.5 Å². The van der Waals surface area contributed by atoms with Crippen molar-refractivity contribution < 1.29 is 0 Å². The van der Waals surface area contributed by atoms with Crippen molar-refractivity contribution in [3.63, 3.8) is 0 Å². The summed E-state index contributed by atoms with van der Waals surface area (Å²) in [5.41, 5.74) is 0.652. The third kappa shape index (κ3) is 1.72. The molecular formula is C12H15N3. The van der Waals surface area contributed by atoms with Gasteiger partial charge in [-0.05, 0) is 18.9 Å². The Labute approximate surface area is 90.2 Å². The minimum atomic E-state index is -0.374. The number of hydrogen-bond acceptors (Lipinski definition) is 3. The molecule has 3 heteroatoms. The average molecular weight is 201 g/mol. The first-order chi connectivity index (χ1) is 6.98. The van der Waals surface area contributed by atoms with Gasteiger partial charge in [0.25, 0.3) is 0 Å². The van der Waals surface area contributed by atoms with E-state index in [4.69, 9.17) is 5.26 Å². The molecule has 0 aliphatic heterocycles. The Morgan fingerprint density at radius 1 is 1.40 bits per heavy atom. The summed E-state index contributed by atoms with van der Waals surface area (Å²) in [5, 5.41) is 9.07. The maximum atomic E-state index is 9.07. The second kappa shape index (κ2) is 3.03. The van der Waals surface area contributed by atoms with Crippen LogP contribution in [0.5, 0.6) is 0 Å². The Bertz CT molecular complexity index is 419. The lowest BCUT2D eigenvalue weighted by atomic mass is 9.92. The van der Waals surface area contributed by atoms with Crippen LogP contribution in [0.25, 0.3) is 0 Å². The van der Waals surface area contributed by atoms with Crippen LogP contribution in [-0.4, -0.2) is 9.97 Å². The largest absolute Gasteiger partial charge is 0.240 e. The van der Waals surface area contributed by atoms with E-state index in [-0.39, 0.29) is 10.8 Å². The summed E-state index contributed by atoms with van der Waals surface area (Å²) < 4.78 is 0. The molecule has 2 rings (SSSR count). The molecule has 1 fully saturated rings. The lowest BCUT2D eigenvalue weighted by Gasteiger charge is -2.18. The molecule has 0 unspecified atom stereocenters. The van der Waals surface area contributed by atoms with Gasteiger partial charge in [-0.1, -0.05) is 20.8 Å². The van der Waals surface area contributed by atoms with Gasteiger partial charge in [0.1, 0.15) is 11.2 Å². The minimum absolute atomic E-state index is 0.0171. The van der Waals surface area contributed by atoms with E-state index in [2.05, 4.69) is 36.8 Å². The second-order valence-electron chi connectivity index (χ2n) is 5.21. The summed E-state index contributed by atoms with van der Waals surface area (Å²) in [5.74, 6) is 0.706. The second-order valence-corrected chi connectivity index (χ2v) is 5.21. The number of nitrogens with zero attached hydrogens (tertiary/aromatic N) is 3. The van der Waals surface area contributed by atoms with Crippen LogP contribution in [0.2, 0.25) is 0 Å². The zero-order valence-corrected chi connectivity index (χ0v) is 9.41. The molecule has 1 aliphatic rings. The molecule has 3 nitrogen and oxygen atoms in total. The van der Waals surface area contributed by atoms with E-state index in [9.17, 15) is 0 Å². The molecule has 1 heterocycles. The van der Waals surface area contributed by atoms with Crippen LogP contribution in [0, 0.1) is 11.3 Å². The van der Waals surface area contributed by atoms with Crippen molar-refractivity contribution in [3.8, 4) is 6.07 Å². The van der Waals surface area contributed by atoms with Crippen molar-refractivity contribution in [1.82, 2.24) is 9.97 Å². The van der Waals surface area contributed by atoms with Gasteiger partial charge in [0, 0.05) is 17.3 Å². The van der Waals surface area contributed by atoms with Gasteiger partial charge in [-0.15, -0.1) is 0 Å². The van der Waals surface area contributed by atoms with Gasteiger partial charge in [0.15, 0.2) is 0 Å². The fraction of sp³-hybridized carbons (Fsp3) is 0.583. The zero-order chi connectivity index (χ0) is 11.1. The van der Waals surface area contributed by atoms with Crippen molar-refractivity contribution in [3.05, 3.63) is 23.8 Å². The normalized spacial score (nSPS) is 18.3. The molecule has 0 amide bonds. The summed E-state index contributed by atoms with van der Waals surface area (Å²) in [4.78, 5) is 8.74. The van der Waals surface area contributed by atoms with Gasteiger partial charge in [-0.3, -0.25) is 0 Å². The van der Waals surface area contributed by atoms with Gasteiger partial charge < -0.3 is 0 Å². The molecule has 0 aromatic carbocycles. The molecule has 1 aromatic heterocycles. The third-order valence-corrected chi connectivity index (χ3v) is 2.82. The topological polar surface area (TPSA) is 49.6 Å². The third-order valence-electron chi connectivity index (χ3n) is 2.82. The molecule has 1 saturated carbocycles. The summed E-state index contributed by atoms with van der Waals surface area (Å²) in [6, 6.07) is 4.25. The summed E-state index contributed by atoms with van der Waals surface area (Å²) in [7, 11) is 0. The Hall–Kier alpha value is -1.43. The Morgan fingerprint density at radius 3 is 2.53 bits per heavy atom. The number of hydrogen-bond donors (Lipinski definition) is 0. The molecule has 0 spiro atoms. The number of nitriles is 1. The predicted octanol–water partition coefficient (Wildman–Crippen LogP) is 2.33. The first-order valence-electron chi connectivity index (χ1n) is 5.23. The lowest BCUT2D eigenvalue weighted by Crippen LogP contribution is -2.18. The quantitative estimate of drug-likeness (QED) is 0.700. The monoisotopic (exact) mass is 201 g/mol. The first kappa shape index (κ1) is 10.1. The first-order valence-corrected chi connectivity index (χ1v) is 5.23. The predicted molar refractivity (Wildman–Crippen MR) is 57.3 cm³/mol. The number of rotatable bonds is 1. The molecule has 0 N–H and O–H groups in total. The molecule has 1 aliphatic carbocycles. The van der Waals surface area contributed by atoms with Crippen molar-refractivity contribution in [2.24, 2.45) is 0 Å². The molecule has 0 atom stereocenters. The van der Waals surface area contributed by atoms with Crippen LogP contribution < -0.4 is 0 Å². The molecule has 0 radical (unpaired) electrons. The van der Waals surface area contributed by atoms with Crippen LogP contribution in [0.1, 0.15) is 45.1 Å². The summed E-state index contributed by atoms with van der Waals surface area (Å²) in [6.45, 7) is 6.35. The summed E-state index contributed by atoms with van der Waals surface area (Å²) in [6.07, 6.45) is 3.56. The number of aromatic nitrogens is 2. The van der Waals surface area contributed by atoms with E-state index in [1.54, 1.807) is 6.20 Å². The average Bonchev–Trinajstić information content (AvgIpc) is 2.97. The van der Waals surface area contributed by atoms with E-state index < -0.39 is 0 Å². The van der Waals surface area contributed by atoms with Crippen LogP contribution in [0.15, 0.2) is 12.3 Å². The van der Waals surface area contributed by atoms with Crippen LogP contribution >= 0.6 is 0 Å². The van der Waals surface area contributed by atoms with Crippen molar-refractivity contribution >= 4 is 0 Å². The molecule has 0 bridgehead atoms. The van der Waals surface area contributed by atoms with Crippen LogP contribution in [-0.2, 0) is 10.8 Å². The molecule has 78 valence electrons. The van der Waals surface area contributed by atoms with Crippen LogP contribution in [0.4, 0.5) is 0 Å². The molecule has 15 heavy (non-hydrogen) atoms. The highest BCUT2D eigenvalue weighted by molar-refractivity contribution is 5.30. The molecule has 1 aromatic rings. The van der Waals surface area contributed by atoms with Gasteiger partial charge in [0.05, 0.1) is 6.07 Å². The Balaban J connectivity index is 2.41. The Morgan fingerprint density at radius 2 is 2.07 bits per heavy atom. The highest BCUT2D eigenvalue weighted by Gasteiger charge is 2.48. The van der Waals surface area contributed by atoms with E-state index in [1.165, 1.54) is 0 Å². The Kier molecular flexibility index (Phi) is 2.04. The van der Waals surface area contributed by atoms with Crippen molar-refractivity contribution in [2.45, 2.75) is 44.4 Å². The fourth-order valence-corrected chi connectivity index (χ4v) is 1.52. The summed E-state index contributed by atoms with van der Waals surface area (Å²) >= 11 is 0. The highest BCUT2D eigenvalue weighted by Crippen LogP contribution is 2.45. The van der Waals surface area contributed by atoms with Crippen molar-refractivity contribution in [2.75, 3.05) is 0 Å². The molecule has 0 saturated heterocycles. The SMILES string of the molecule is CC(C)(C)c1ccnc(C2(C#N)CC2)n1. The molecular weight excluding hydrogens is 186 g/mol. The van der Waals surface area contributed by atoms with E-state index in [1.807, 2.05) is 6.07 Å². The fourth-order valence-electron chi connectivity index (χ4n) is 1.52. The highest BCUT2D eigenvalue weighted by atomic mass is 14.9. The van der Waals surface area contributed by atoms with Crippen molar-refractivity contribution in [1.29, 1.82) is 5.26 Å². The zero-order valence-electron chi connectivity index (χ0n) is 9.41. The van der Waals surface area contributed by atoms with E-state index in [0.29, 0.717) is 5.82 Å². The van der Waals surface area contributed by atoms with Gasteiger partial charge >= 0.3 is 0 Å². The smallest absolute Gasteiger partial charge is 0.148 e. The van der Waals surface area contributed by atoms with Gasteiger partial charge in [0.2, 0.25) is 0 Å². The van der Waals surface area contributed by atoms with Crippen LogP contribution in [0.3, 0.4) is 0 Å². The van der Waals surface area contributed by atoms with E-state index >= 15 is 0 Å². The standard InChI is InChI=1S/C12H15N3/c1-11(2,3)9-4-7-14-10(15-9)12(8-13)5-6-12/h4,7H,5-6H2,1-3H3. The van der Waals surface area contributed by atoms with Gasteiger partial charge in [-0.25, -0.2) is 9.97 Å². The lowest BCUT2D eigenvalue weighted by molar-refractivity contribution is 0.558. The maximum Gasteiger partial charge on any atom is 0.148 e. The van der Waals surface area contributed by atoms with Gasteiger partial charge in [-0.2, -0.15) is 5.26 Å².